The second kappa shape index (κ2) is 9.36. The molecule has 0 atom stereocenters. The van der Waals surface area contributed by atoms with Crippen LogP contribution in [0.5, 0.6) is 0 Å². The lowest BCUT2D eigenvalue weighted by Crippen LogP contribution is -1.86. The Kier molecular flexibility index (Phi) is 6.19. The Hall–Kier alpha value is -3.46. The highest BCUT2D eigenvalue weighted by molar-refractivity contribution is 5.99. The maximum absolute atomic E-state index is 6.07. The minimum atomic E-state index is 0.755. The van der Waals surface area contributed by atoms with Crippen molar-refractivity contribution in [3.63, 3.8) is 0 Å². The van der Waals surface area contributed by atoms with Gasteiger partial charge in [0.05, 0.1) is 11.4 Å². The molecule has 30 heavy (non-hydrogen) atoms. The van der Waals surface area contributed by atoms with Crippen molar-refractivity contribution in [3.05, 3.63) is 90.5 Å². The van der Waals surface area contributed by atoms with Gasteiger partial charge in [-0.2, -0.15) is 5.11 Å². The third-order valence-corrected chi connectivity index (χ3v) is 5.43. The first kappa shape index (κ1) is 19.8. The lowest BCUT2D eigenvalue weighted by molar-refractivity contribution is 0.717. The Bertz CT molecular complexity index is 1140. The molecule has 0 fully saturated rings. The van der Waals surface area contributed by atoms with Gasteiger partial charge in [-0.3, -0.25) is 0 Å². The molecule has 0 heterocycles. The van der Waals surface area contributed by atoms with Gasteiger partial charge in [0, 0.05) is 16.5 Å². The van der Waals surface area contributed by atoms with Crippen LogP contribution in [0, 0.1) is 0 Å². The van der Waals surface area contributed by atoms with Crippen molar-refractivity contribution in [1.82, 2.24) is 0 Å². The normalized spacial score (nSPS) is 11.4. The standard InChI is InChI=1S/C27H27N3/c1-2-3-4-7-20-10-12-21(13-11-20)22-14-16-23(17-15-22)29-30-27-19-18-26(28)24-8-5-6-9-25(24)27/h5-6,8-19H,2-4,7,28H2,1H3/b30-29+. The summed E-state index contributed by atoms with van der Waals surface area (Å²) in [6.45, 7) is 2.24. The largest absolute Gasteiger partial charge is 0.398 e. The van der Waals surface area contributed by atoms with E-state index in [0.717, 1.165) is 34.3 Å². The molecule has 150 valence electrons. The first-order chi connectivity index (χ1) is 14.7. The van der Waals surface area contributed by atoms with Crippen LogP contribution >= 0.6 is 0 Å². The lowest BCUT2D eigenvalue weighted by atomic mass is 10.0. The van der Waals surface area contributed by atoms with Gasteiger partial charge in [0.15, 0.2) is 0 Å². The van der Waals surface area contributed by atoms with Gasteiger partial charge in [-0.1, -0.05) is 80.4 Å². The molecular weight excluding hydrogens is 366 g/mol. The van der Waals surface area contributed by atoms with Crippen molar-refractivity contribution < 1.29 is 0 Å². The minimum Gasteiger partial charge on any atom is -0.398 e. The first-order valence-electron chi connectivity index (χ1n) is 10.6. The molecule has 0 aromatic heterocycles. The van der Waals surface area contributed by atoms with Crippen LogP contribution in [0.3, 0.4) is 0 Å². The number of nitrogens with two attached hydrogens (primary N) is 1. The Morgan fingerprint density at radius 3 is 2.03 bits per heavy atom. The van der Waals surface area contributed by atoms with E-state index in [1.165, 1.54) is 36.0 Å². The van der Waals surface area contributed by atoms with Crippen LogP contribution in [0.15, 0.2) is 95.2 Å². The van der Waals surface area contributed by atoms with Gasteiger partial charge >= 0.3 is 0 Å². The van der Waals surface area contributed by atoms with E-state index >= 15 is 0 Å². The highest BCUT2D eigenvalue weighted by atomic mass is 15.1. The molecule has 0 saturated carbocycles. The molecule has 4 aromatic carbocycles. The number of aryl methyl sites for hydroxylation is 1. The molecule has 4 rings (SSSR count). The van der Waals surface area contributed by atoms with Crippen LogP contribution in [-0.2, 0) is 6.42 Å². The summed E-state index contributed by atoms with van der Waals surface area (Å²) in [6, 6.07) is 28.9. The van der Waals surface area contributed by atoms with Crippen molar-refractivity contribution in [1.29, 1.82) is 0 Å². The van der Waals surface area contributed by atoms with Crippen molar-refractivity contribution >= 4 is 27.8 Å². The maximum atomic E-state index is 6.07. The SMILES string of the molecule is CCCCCc1ccc(-c2ccc(/N=N/c3ccc(N)c4ccccc34)cc2)cc1. The predicted octanol–water partition coefficient (Wildman–Crippen LogP) is 8.24. The maximum Gasteiger partial charge on any atom is 0.0936 e. The summed E-state index contributed by atoms with van der Waals surface area (Å²) in [6.07, 6.45) is 4.98. The summed E-state index contributed by atoms with van der Waals surface area (Å²) in [5.41, 5.74) is 12.3. The summed E-state index contributed by atoms with van der Waals surface area (Å²) in [4.78, 5) is 0. The van der Waals surface area contributed by atoms with E-state index in [1.54, 1.807) is 0 Å². The number of fused-ring (bicyclic) bond motifs is 1. The quantitative estimate of drug-likeness (QED) is 0.192. The number of hydrogen-bond donors (Lipinski definition) is 1. The van der Waals surface area contributed by atoms with Crippen molar-refractivity contribution in [2.45, 2.75) is 32.6 Å². The average molecular weight is 394 g/mol. The monoisotopic (exact) mass is 393 g/mol. The number of hydrogen-bond acceptors (Lipinski definition) is 3. The third-order valence-electron chi connectivity index (χ3n) is 5.43. The molecule has 0 radical (unpaired) electrons. The first-order valence-corrected chi connectivity index (χ1v) is 10.6. The fourth-order valence-corrected chi connectivity index (χ4v) is 3.67. The van der Waals surface area contributed by atoms with Crippen LogP contribution in [0.25, 0.3) is 21.9 Å². The van der Waals surface area contributed by atoms with Crippen molar-refractivity contribution in [2.75, 3.05) is 5.73 Å². The van der Waals surface area contributed by atoms with Gasteiger partial charge in [-0.25, -0.2) is 0 Å². The minimum absolute atomic E-state index is 0.755. The highest BCUT2D eigenvalue weighted by Gasteiger charge is 2.03. The van der Waals surface area contributed by atoms with E-state index in [-0.39, 0.29) is 0 Å². The van der Waals surface area contributed by atoms with Crippen LogP contribution in [0.4, 0.5) is 17.1 Å². The van der Waals surface area contributed by atoms with Gasteiger partial charge in [-0.05, 0) is 53.8 Å². The van der Waals surface area contributed by atoms with Crippen LogP contribution in [0.2, 0.25) is 0 Å². The molecule has 4 aromatic rings. The van der Waals surface area contributed by atoms with Crippen molar-refractivity contribution in [3.8, 4) is 11.1 Å². The van der Waals surface area contributed by atoms with E-state index < -0.39 is 0 Å². The number of anilines is 1. The van der Waals surface area contributed by atoms with Gasteiger partial charge < -0.3 is 5.73 Å². The summed E-state index contributed by atoms with van der Waals surface area (Å²) >= 11 is 0. The van der Waals surface area contributed by atoms with Gasteiger partial charge in [0.2, 0.25) is 0 Å². The molecule has 2 N–H and O–H groups in total. The molecule has 0 aliphatic heterocycles. The van der Waals surface area contributed by atoms with E-state index in [1.807, 2.05) is 48.5 Å². The molecule has 0 aliphatic carbocycles. The number of nitrogens with zero attached hydrogens (tertiary/aromatic N) is 2. The van der Waals surface area contributed by atoms with Crippen molar-refractivity contribution in [2.24, 2.45) is 10.2 Å². The van der Waals surface area contributed by atoms with Gasteiger partial charge in [0.25, 0.3) is 0 Å². The lowest BCUT2D eigenvalue weighted by Gasteiger charge is -2.05. The number of nitrogen functional groups attached to an aromatic ring is 1. The Balaban J connectivity index is 1.48. The molecule has 0 unspecified atom stereocenters. The van der Waals surface area contributed by atoms with Gasteiger partial charge in [-0.15, -0.1) is 5.11 Å². The van der Waals surface area contributed by atoms with E-state index in [9.17, 15) is 0 Å². The Labute approximate surface area is 178 Å². The second-order valence-electron chi connectivity index (χ2n) is 7.62. The second-order valence-corrected chi connectivity index (χ2v) is 7.62. The van der Waals surface area contributed by atoms with Crippen LogP contribution in [0.1, 0.15) is 31.7 Å². The zero-order valence-corrected chi connectivity index (χ0v) is 17.4. The van der Waals surface area contributed by atoms with Crippen LogP contribution in [-0.4, -0.2) is 0 Å². The molecule has 0 saturated heterocycles. The molecule has 0 amide bonds. The number of azo groups is 1. The number of rotatable bonds is 7. The van der Waals surface area contributed by atoms with E-state index in [0.29, 0.717) is 0 Å². The zero-order chi connectivity index (χ0) is 20.8. The summed E-state index contributed by atoms with van der Waals surface area (Å²) in [5.74, 6) is 0. The Morgan fingerprint density at radius 1 is 0.667 bits per heavy atom. The summed E-state index contributed by atoms with van der Waals surface area (Å²) in [7, 11) is 0. The molecule has 3 nitrogen and oxygen atoms in total. The fourth-order valence-electron chi connectivity index (χ4n) is 3.67. The predicted molar refractivity (Wildman–Crippen MR) is 128 cm³/mol. The van der Waals surface area contributed by atoms with E-state index in [2.05, 4.69) is 53.6 Å². The van der Waals surface area contributed by atoms with E-state index in [4.69, 9.17) is 5.73 Å². The molecule has 0 aliphatic rings. The Morgan fingerprint density at radius 2 is 1.33 bits per heavy atom. The smallest absolute Gasteiger partial charge is 0.0936 e. The highest BCUT2D eigenvalue weighted by Crippen LogP contribution is 2.31. The number of benzene rings is 4. The fraction of sp³-hybridized carbons (Fsp3) is 0.185. The molecule has 0 bridgehead atoms. The third kappa shape index (κ3) is 4.57. The number of unbranched alkanes of at least 4 members (excludes halogenated alkanes) is 2. The molecule has 3 heteroatoms. The molecule has 0 spiro atoms. The average Bonchev–Trinajstić information content (AvgIpc) is 2.80. The summed E-state index contributed by atoms with van der Waals surface area (Å²) in [5, 5.41) is 10.9. The zero-order valence-electron chi connectivity index (χ0n) is 17.4. The van der Waals surface area contributed by atoms with Crippen LogP contribution < -0.4 is 5.73 Å². The summed E-state index contributed by atoms with van der Waals surface area (Å²) < 4.78 is 0. The van der Waals surface area contributed by atoms with Gasteiger partial charge in [0.1, 0.15) is 0 Å². The topological polar surface area (TPSA) is 50.7 Å². The molecular formula is C27H27N3.